The molecule has 0 fully saturated rings. The third-order valence-corrected chi connectivity index (χ3v) is 5.51. The van der Waals surface area contributed by atoms with Crippen LogP contribution in [0.15, 0.2) is 48.5 Å². The number of benzene rings is 2. The van der Waals surface area contributed by atoms with Gasteiger partial charge in [0.05, 0.1) is 0 Å². The van der Waals surface area contributed by atoms with Crippen molar-refractivity contribution in [1.29, 1.82) is 5.41 Å². The van der Waals surface area contributed by atoms with Crippen LogP contribution in [-0.4, -0.2) is 38.6 Å². The molecular formula is C24H27NO6. The highest BCUT2D eigenvalue weighted by atomic mass is 16.4. The molecule has 164 valence electrons. The summed E-state index contributed by atoms with van der Waals surface area (Å²) in [4.78, 5) is 35.2. The molecule has 0 saturated heterocycles. The number of ketones is 2. The van der Waals surface area contributed by atoms with Gasteiger partial charge in [0.2, 0.25) is 0 Å². The van der Waals surface area contributed by atoms with Gasteiger partial charge in [0.1, 0.15) is 29.0 Å². The number of phenolic OH excluding ortho intramolecular Hbond substituents is 2. The van der Waals surface area contributed by atoms with E-state index >= 15 is 0 Å². The zero-order chi connectivity index (χ0) is 23.2. The SMILES string of the molecule is CC(=O)C[C@H](C(=N)CC(=O)CCC(C)(c1ccc(O)cc1)c1ccc(O)cc1)C(=O)O. The first-order chi connectivity index (χ1) is 14.5. The molecule has 0 unspecified atom stereocenters. The summed E-state index contributed by atoms with van der Waals surface area (Å²) in [5.41, 5.74) is 0.826. The van der Waals surface area contributed by atoms with Gasteiger partial charge in [0.15, 0.2) is 0 Å². The van der Waals surface area contributed by atoms with Crippen molar-refractivity contribution in [2.75, 3.05) is 0 Å². The average Bonchev–Trinajstić information content (AvgIpc) is 2.70. The Labute approximate surface area is 180 Å². The number of aromatic hydroxyl groups is 2. The maximum absolute atomic E-state index is 12.6. The number of phenols is 2. The summed E-state index contributed by atoms with van der Waals surface area (Å²) < 4.78 is 0. The molecule has 4 N–H and O–H groups in total. The minimum atomic E-state index is -1.29. The smallest absolute Gasteiger partial charge is 0.312 e. The van der Waals surface area contributed by atoms with Crippen LogP contribution in [0.4, 0.5) is 0 Å². The molecule has 2 aromatic carbocycles. The molecule has 0 aliphatic carbocycles. The van der Waals surface area contributed by atoms with Crippen LogP contribution in [0.25, 0.3) is 0 Å². The summed E-state index contributed by atoms with van der Waals surface area (Å²) in [6.07, 6.45) is -0.169. The molecule has 2 aromatic rings. The molecule has 0 radical (unpaired) electrons. The fourth-order valence-corrected chi connectivity index (χ4v) is 3.57. The van der Waals surface area contributed by atoms with Crippen molar-refractivity contribution in [2.45, 2.75) is 44.9 Å². The van der Waals surface area contributed by atoms with E-state index in [1.54, 1.807) is 48.5 Å². The first-order valence-corrected chi connectivity index (χ1v) is 9.93. The molecular weight excluding hydrogens is 398 g/mol. The summed E-state index contributed by atoms with van der Waals surface area (Å²) in [6.45, 7) is 3.20. The number of rotatable bonds is 11. The van der Waals surface area contributed by atoms with Crippen molar-refractivity contribution in [2.24, 2.45) is 5.92 Å². The van der Waals surface area contributed by atoms with E-state index in [1.165, 1.54) is 6.92 Å². The predicted molar refractivity (Wildman–Crippen MR) is 116 cm³/mol. The molecule has 0 amide bonds. The van der Waals surface area contributed by atoms with Crippen LogP contribution in [0.2, 0.25) is 0 Å². The Kier molecular flexibility index (Phi) is 7.69. The first-order valence-electron chi connectivity index (χ1n) is 9.93. The molecule has 0 heterocycles. The molecule has 0 bridgehead atoms. The van der Waals surface area contributed by atoms with E-state index in [0.717, 1.165) is 11.1 Å². The van der Waals surface area contributed by atoms with Crippen LogP contribution in [0.3, 0.4) is 0 Å². The maximum Gasteiger partial charge on any atom is 0.312 e. The summed E-state index contributed by atoms with van der Waals surface area (Å²) in [6, 6.07) is 13.3. The quantitative estimate of drug-likeness (QED) is 0.404. The van der Waals surface area contributed by atoms with Gasteiger partial charge in [0.25, 0.3) is 0 Å². The van der Waals surface area contributed by atoms with E-state index in [4.69, 9.17) is 5.41 Å². The lowest BCUT2D eigenvalue weighted by atomic mass is 9.72. The van der Waals surface area contributed by atoms with Gasteiger partial charge in [-0.25, -0.2) is 0 Å². The minimum absolute atomic E-state index is 0.0903. The fraction of sp³-hybridized carbons (Fsp3) is 0.333. The lowest BCUT2D eigenvalue weighted by Gasteiger charge is -2.31. The highest BCUT2D eigenvalue weighted by molar-refractivity contribution is 6.10. The van der Waals surface area contributed by atoms with E-state index in [0.29, 0.717) is 6.42 Å². The maximum atomic E-state index is 12.6. The van der Waals surface area contributed by atoms with Gasteiger partial charge in [0, 0.05) is 30.4 Å². The molecule has 0 aromatic heterocycles. The Morgan fingerprint density at radius 2 is 1.39 bits per heavy atom. The van der Waals surface area contributed by atoms with Crippen LogP contribution in [0.1, 0.15) is 50.7 Å². The highest BCUT2D eigenvalue weighted by Gasteiger charge is 2.31. The number of carbonyl (C=O) groups is 3. The largest absolute Gasteiger partial charge is 0.508 e. The number of carboxylic acid groups (broad SMARTS) is 1. The van der Waals surface area contributed by atoms with Gasteiger partial charge < -0.3 is 20.7 Å². The third-order valence-electron chi connectivity index (χ3n) is 5.51. The number of carbonyl (C=O) groups excluding carboxylic acids is 2. The number of aliphatic carboxylic acids is 1. The number of nitrogens with one attached hydrogen (secondary N) is 1. The van der Waals surface area contributed by atoms with E-state index in [2.05, 4.69) is 0 Å². The number of carboxylic acids is 1. The van der Waals surface area contributed by atoms with Crippen molar-refractivity contribution in [1.82, 2.24) is 0 Å². The molecule has 2 rings (SSSR count). The second-order valence-corrected chi connectivity index (χ2v) is 7.96. The number of hydrogen-bond acceptors (Lipinski definition) is 6. The third kappa shape index (κ3) is 6.25. The molecule has 7 heteroatoms. The Hall–Kier alpha value is -3.48. The minimum Gasteiger partial charge on any atom is -0.508 e. The standard InChI is InChI=1S/C24H27NO6/c1-15(26)13-21(23(30)31)22(25)14-20(29)11-12-24(2,16-3-7-18(27)8-4-16)17-5-9-19(28)10-6-17/h3-10,21,25,27-28H,11-14H2,1-2H3,(H,30,31)/t21-/m1/s1. The number of Topliss-reactive ketones (excluding diaryl/α,β-unsaturated/α-hetero) is 2. The predicted octanol–water partition coefficient (Wildman–Crippen LogP) is 3.84. The lowest BCUT2D eigenvalue weighted by Crippen LogP contribution is -2.28. The van der Waals surface area contributed by atoms with Crippen LogP contribution in [0, 0.1) is 11.3 Å². The van der Waals surface area contributed by atoms with E-state index in [1.807, 2.05) is 6.92 Å². The molecule has 31 heavy (non-hydrogen) atoms. The van der Waals surface area contributed by atoms with Gasteiger partial charge in [-0.15, -0.1) is 0 Å². The summed E-state index contributed by atoms with van der Waals surface area (Å²) in [5.74, 6) is -2.98. The topological polar surface area (TPSA) is 136 Å². The average molecular weight is 425 g/mol. The molecule has 0 saturated carbocycles. The Morgan fingerprint density at radius 1 is 0.935 bits per heavy atom. The molecule has 0 aliphatic rings. The van der Waals surface area contributed by atoms with E-state index in [-0.39, 0.29) is 48.0 Å². The van der Waals surface area contributed by atoms with Crippen molar-refractivity contribution in [3.05, 3.63) is 59.7 Å². The molecule has 1 atom stereocenters. The Balaban J connectivity index is 2.20. The summed E-state index contributed by atoms with van der Waals surface area (Å²) in [5, 5.41) is 36.5. The van der Waals surface area contributed by atoms with Gasteiger partial charge in [-0.1, -0.05) is 31.2 Å². The van der Waals surface area contributed by atoms with Crippen molar-refractivity contribution < 1.29 is 29.7 Å². The zero-order valence-electron chi connectivity index (χ0n) is 17.6. The van der Waals surface area contributed by atoms with Crippen molar-refractivity contribution >= 4 is 23.2 Å². The second-order valence-electron chi connectivity index (χ2n) is 7.96. The number of hydrogen-bond donors (Lipinski definition) is 4. The van der Waals surface area contributed by atoms with Gasteiger partial charge in [-0.3, -0.25) is 14.4 Å². The normalized spacial score (nSPS) is 12.2. The van der Waals surface area contributed by atoms with Crippen LogP contribution in [-0.2, 0) is 19.8 Å². The lowest BCUT2D eigenvalue weighted by molar-refractivity contribution is -0.141. The molecule has 0 aliphatic heterocycles. The monoisotopic (exact) mass is 425 g/mol. The van der Waals surface area contributed by atoms with Crippen molar-refractivity contribution in [3.63, 3.8) is 0 Å². The second kappa shape index (κ2) is 10.0. The molecule has 7 nitrogen and oxygen atoms in total. The van der Waals surface area contributed by atoms with Crippen molar-refractivity contribution in [3.8, 4) is 11.5 Å². The summed E-state index contributed by atoms with van der Waals surface area (Å²) >= 11 is 0. The van der Waals surface area contributed by atoms with E-state index in [9.17, 15) is 29.7 Å². The summed E-state index contributed by atoms with van der Waals surface area (Å²) in [7, 11) is 0. The van der Waals surface area contributed by atoms with Crippen LogP contribution >= 0.6 is 0 Å². The Bertz CT molecular complexity index is 917. The zero-order valence-corrected chi connectivity index (χ0v) is 17.6. The van der Waals surface area contributed by atoms with E-state index < -0.39 is 17.3 Å². The van der Waals surface area contributed by atoms with Gasteiger partial charge in [-0.2, -0.15) is 0 Å². The van der Waals surface area contributed by atoms with Crippen LogP contribution < -0.4 is 0 Å². The van der Waals surface area contributed by atoms with Gasteiger partial charge >= 0.3 is 5.97 Å². The molecule has 0 spiro atoms. The van der Waals surface area contributed by atoms with Gasteiger partial charge in [-0.05, 0) is 48.7 Å². The highest BCUT2D eigenvalue weighted by Crippen LogP contribution is 2.38. The Morgan fingerprint density at radius 3 is 1.77 bits per heavy atom. The fourth-order valence-electron chi connectivity index (χ4n) is 3.57. The first kappa shape index (κ1) is 23.8. The van der Waals surface area contributed by atoms with Crippen LogP contribution in [0.5, 0.6) is 11.5 Å².